The molecule has 0 aliphatic carbocycles. The number of nitrogens with zero attached hydrogens (tertiary/aromatic N) is 1. The van der Waals surface area contributed by atoms with Crippen LogP contribution in [-0.4, -0.2) is 35.9 Å². The molecule has 4 aromatic rings. The lowest BCUT2D eigenvalue weighted by atomic mass is 10.1. The summed E-state index contributed by atoms with van der Waals surface area (Å²) >= 11 is 0. The molecule has 3 aromatic carbocycles. The van der Waals surface area contributed by atoms with E-state index in [0.29, 0.717) is 37.5 Å². The second-order valence-corrected chi connectivity index (χ2v) is 9.47. The zero-order valence-corrected chi connectivity index (χ0v) is 22.8. The van der Waals surface area contributed by atoms with Gasteiger partial charge in [0.05, 0.1) is 13.0 Å². The van der Waals surface area contributed by atoms with Crippen LogP contribution < -0.4 is 20.7 Å². The first-order chi connectivity index (χ1) is 20.0. The maximum Gasteiger partial charge on any atom is 0.226 e. The lowest BCUT2D eigenvalue weighted by molar-refractivity contribution is -0.124. The number of rotatable bonds is 14. The molecule has 0 saturated carbocycles. The Labute approximate surface area is 240 Å². The predicted molar refractivity (Wildman–Crippen MR) is 159 cm³/mol. The Morgan fingerprint density at radius 3 is 2.07 bits per heavy atom. The van der Waals surface area contributed by atoms with Crippen molar-refractivity contribution < 1.29 is 19.1 Å². The van der Waals surface area contributed by atoms with Crippen LogP contribution in [0.15, 0.2) is 103 Å². The number of hydrogen-bond acceptors (Lipinski definition) is 5. The molecule has 1 heterocycles. The summed E-state index contributed by atoms with van der Waals surface area (Å²) in [5.41, 5.74) is 4.43. The molecule has 41 heavy (non-hydrogen) atoms. The van der Waals surface area contributed by atoms with Crippen LogP contribution in [0.1, 0.15) is 30.5 Å². The fraction of sp³-hybridized carbons (Fsp3) is 0.212. The van der Waals surface area contributed by atoms with Crippen molar-refractivity contribution in [3.8, 4) is 16.9 Å². The van der Waals surface area contributed by atoms with Crippen molar-refractivity contribution >= 4 is 23.4 Å². The molecule has 0 atom stereocenters. The SMILES string of the molecule is O=C(CCC(=O)Nc1ccccc1)NCCCOc1ccc(-c2ccc(CC(=O)NCc3ccccc3)nc2)cc1. The van der Waals surface area contributed by atoms with E-state index in [1.54, 1.807) is 18.3 Å². The fourth-order valence-corrected chi connectivity index (χ4v) is 4.02. The number of carbonyl (C=O) groups excluding carboxylic acids is 3. The van der Waals surface area contributed by atoms with Crippen LogP contribution in [0, 0.1) is 0 Å². The third-order valence-electron chi connectivity index (χ3n) is 6.24. The van der Waals surface area contributed by atoms with E-state index in [4.69, 9.17) is 4.74 Å². The van der Waals surface area contributed by atoms with Crippen molar-refractivity contribution in [2.24, 2.45) is 0 Å². The Kier molecular flexibility index (Phi) is 11.0. The average molecular weight is 551 g/mol. The highest BCUT2D eigenvalue weighted by Crippen LogP contribution is 2.22. The standard InChI is InChI=1S/C33H34N4O4/c38-31(18-19-32(39)37-28-10-5-2-6-11-28)34-20-7-21-41-30-16-13-26(14-17-30)27-12-15-29(35-24-27)22-33(40)36-23-25-8-3-1-4-9-25/h1-6,8-17,24H,7,18-23H2,(H,34,38)(H,36,40)(H,37,39). The molecular formula is C33H34N4O4. The number of carbonyl (C=O) groups is 3. The van der Waals surface area contributed by atoms with Crippen molar-refractivity contribution in [2.45, 2.75) is 32.2 Å². The van der Waals surface area contributed by atoms with E-state index in [0.717, 1.165) is 22.4 Å². The summed E-state index contributed by atoms with van der Waals surface area (Å²) < 4.78 is 5.79. The molecule has 0 bridgehead atoms. The zero-order valence-electron chi connectivity index (χ0n) is 22.8. The Bertz CT molecular complexity index is 1390. The number of nitrogens with one attached hydrogen (secondary N) is 3. The number of aromatic nitrogens is 1. The van der Waals surface area contributed by atoms with Crippen LogP contribution in [0.25, 0.3) is 11.1 Å². The van der Waals surface area contributed by atoms with Gasteiger partial charge in [0.25, 0.3) is 0 Å². The van der Waals surface area contributed by atoms with Crippen molar-refractivity contribution in [3.63, 3.8) is 0 Å². The number of benzene rings is 3. The van der Waals surface area contributed by atoms with Crippen LogP contribution in [0.5, 0.6) is 5.75 Å². The van der Waals surface area contributed by atoms with E-state index < -0.39 is 0 Å². The highest BCUT2D eigenvalue weighted by Gasteiger charge is 2.08. The summed E-state index contributed by atoms with van der Waals surface area (Å²) in [7, 11) is 0. The molecule has 0 spiro atoms. The minimum absolute atomic E-state index is 0.0681. The van der Waals surface area contributed by atoms with Crippen molar-refractivity contribution in [1.82, 2.24) is 15.6 Å². The van der Waals surface area contributed by atoms with E-state index in [1.165, 1.54) is 0 Å². The number of para-hydroxylation sites is 1. The summed E-state index contributed by atoms with van der Waals surface area (Å²) in [6.45, 7) is 1.42. The van der Waals surface area contributed by atoms with Crippen LogP contribution >= 0.6 is 0 Å². The molecular weight excluding hydrogens is 516 g/mol. The fourth-order valence-electron chi connectivity index (χ4n) is 4.02. The third-order valence-corrected chi connectivity index (χ3v) is 6.24. The Morgan fingerprint density at radius 1 is 0.683 bits per heavy atom. The van der Waals surface area contributed by atoms with Gasteiger partial charge in [0.1, 0.15) is 5.75 Å². The third kappa shape index (κ3) is 10.3. The minimum Gasteiger partial charge on any atom is -0.494 e. The van der Waals surface area contributed by atoms with Gasteiger partial charge in [-0.1, -0.05) is 66.7 Å². The molecule has 0 aliphatic heterocycles. The normalized spacial score (nSPS) is 10.4. The number of hydrogen-bond donors (Lipinski definition) is 3. The molecule has 3 amide bonds. The van der Waals surface area contributed by atoms with Gasteiger partial charge < -0.3 is 20.7 Å². The van der Waals surface area contributed by atoms with Gasteiger partial charge in [-0.15, -0.1) is 0 Å². The number of amides is 3. The molecule has 0 radical (unpaired) electrons. The van der Waals surface area contributed by atoms with Gasteiger partial charge in [-0.3, -0.25) is 19.4 Å². The van der Waals surface area contributed by atoms with Crippen molar-refractivity contribution in [2.75, 3.05) is 18.5 Å². The second-order valence-electron chi connectivity index (χ2n) is 9.47. The van der Waals surface area contributed by atoms with Gasteiger partial charge in [-0.2, -0.15) is 0 Å². The molecule has 8 heteroatoms. The van der Waals surface area contributed by atoms with Gasteiger partial charge in [-0.25, -0.2) is 0 Å². The van der Waals surface area contributed by atoms with Crippen molar-refractivity contribution in [3.05, 3.63) is 115 Å². The first-order valence-electron chi connectivity index (χ1n) is 13.7. The maximum atomic E-state index is 12.2. The monoisotopic (exact) mass is 550 g/mol. The summed E-state index contributed by atoms with van der Waals surface area (Å²) in [6, 6.07) is 30.5. The van der Waals surface area contributed by atoms with E-state index >= 15 is 0 Å². The predicted octanol–water partition coefficient (Wildman–Crippen LogP) is 4.91. The van der Waals surface area contributed by atoms with Gasteiger partial charge in [0, 0.05) is 49.1 Å². The molecule has 0 aliphatic rings. The average Bonchev–Trinajstić information content (AvgIpc) is 3.01. The van der Waals surface area contributed by atoms with Crippen LogP contribution in [0.4, 0.5) is 5.69 Å². The highest BCUT2D eigenvalue weighted by molar-refractivity contribution is 5.93. The number of anilines is 1. The Hall–Kier alpha value is -4.98. The molecule has 0 saturated heterocycles. The number of pyridine rings is 1. The highest BCUT2D eigenvalue weighted by atomic mass is 16.5. The van der Waals surface area contributed by atoms with Crippen LogP contribution in [0.3, 0.4) is 0 Å². The van der Waals surface area contributed by atoms with E-state index in [2.05, 4.69) is 20.9 Å². The van der Waals surface area contributed by atoms with Gasteiger partial charge in [0.2, 0.25) is 17.7 Å². The smallest absolute Gasteiger partial charge is 0.226 e. The molecule has 0 unspecified atom stereocenters. The first-order valence-corrected chi connectivity index (χ1v) is 13.7. The molecule has 4 rings (SSSR count). The molecule has 0 fully saturated rings. The largest absolute Gasteiger partial charge is 0.494 e. The van der Waals surface area contributed by atoms with Crippen molar-refractivity contribution in [1.29, 1.82) is 0 Å². The first kappa shape index (κ1) is 29.0. The molecule has 210 valence electrons. The summed E-state index contributed by atoms with van der Waals surface area (Å²) in [5.74, 6) is 0.315. The summed E-state index contributed by atoms with van der Waals surface area (Å²) in [4.78, 5) is 40.7. The number of ether oxygens (including phenoxy) is 1. The van der Waals surface area contributed by atoms with E-state index in [1.807, 2.05) is 84.9 Å². The lowest BCUT2D eigenvalue weighted by Gasteiger charge is -2.09. The molecule has 3 N–H and O–H groups in total. The van der Waals surface area contributed by atoms with Crippen LogP contribution in [0.2, 0.25) is 0 Å². The molecule has 1 aromatic heterocycles. The van der Waals surface area contributed by atoms with Gasteiger partial charge >= 0.3 is 0 Å². The summed E-state index contributed by atoms with van der Waals surface area (Å²) in [5, 5.41) is 8.50. The minimum atomic E-state index is -0.188. The Balaban J connectivity index is 1.10. The summed E-state index contributed by atoms with van der Waals surface area (Å²) in [6.07, 6.45) is 2.91. The van der Waals surface area contributed by atoms with Gasteiger partial charge in [-0.05, 0) is 47.9 Å². The van der Waals surface area contributed by atoms with Gasteiger partial charge in [0.15, 0.2) is 0 Å². The van der Waals surface area contributed by atoms with Crippen LogP contribution in [-0.2, 0) is 27.3 Å². The quantitative estimate of drug-likeness (QED) is 0.193. The van der Waals surface area contributed by atoms with E-state index in [9.17, 15) is 14.4 Å². The topological polar surface area (TPSA) is 109 Å². The lowest BCUT2D eigenvalue weighted by Crippen LogP contribution is -2.26. The molecule has 8 nitrogen and oxygen atoms in total. The second kappa shape index (κ2) is 15.6. The van der Waals surface area contributed by atoms with E-state index in [-0.39, 0.29) is 37.0 Å². The zero-order chi connectivity index (χ0) is 28.7. The Morgan fingerprint density at radius 2 is 1.37 bits per heavy atom. The maximum absolute atomic E-state index is 12.2.